The molecule has 0 aromatic heterocycles. The van der Waals surface area contributed by atoms with Crippen molar-refractivity contribution in [3.63, 3.8) is 0 Å². The summed E-state index contributed by atoms with van der Waals surface area (Å²) in [5, 5.41) is 0. The van der Waals surface area contributed by atoms with Crippen LogP contribution in [0.25, 0.3) is 0 Å². The Morgan fingerprint density at radius 2 is 2.06 bits per heavy atom. The SMILES string of the molecule is C[C@H]1OC(N)=N[C@H]1CCCc1ccccc1. The second-order valence-electron chi connectivity index (χ2n) is 4.24. The maximum absolute atomic E-state index is 5.53. The summed E-state index contributed by atoms with van der Waals surface area (Å²) >= 11 is 0. The lowest BCUT2D eigenvalue weighted by Crippen LogP contribution is -2.20. The second-order valence-corrected chi connectivity index (χ2v) is 4.24. The van der Waals surface area contributed by atoms with Gasteiger partial charge in [0.2, 0.25) is 0 Å². The van der Waals surface area contributed by atoms with Crippen LogP contribution in [0.2, 0.25) is 0 Å². The fraction of sp³-hybridized carbons (Fsp3) is 0.462. The van der Waals surface area contributed by atoms with Gasteiger partial charge in [0.15, 0.2) is 0 Å². The van der Waals surface area contributed by atoms with Crippen LogP contribution in [0.1, 0.15) is 25.3 Å². The zero-order chi connectivity index (χ0) is 11.4. The Morgan fingerprint density at radius 1 is 1.31 bits per heavy atom. The summed E-state index contributed by atoms with van der Waals surface area (Å²) in [6.45, 7) is 2.02. The average Bonchev–Trinajstić information content (AvgIpc) is 2.59. The number of hydrogen-bond acceptors (Lipinski definition) is 3. The van der Waals surface area contributed by atoms with Gasteiger partial charge in [0, 0.05) is 0 Å². The van der Waals surface area contributed by atoms with Crippen molar-refractivity contribution >= 4 is 6.02 Å². The Hall–Kier alpha value is -1.51. The van der Waals surface area contributed by atoms with Crippen molar-refractivity contribution in [2.24, 2.45) is 10.7 Å². The number of rotatable bonds is 4. The van der Waals surface area contributed by atoms with Crippen LogP contribution in [-0.2, 0) is 11.2 Å². The minimum Gasteiger partial charge on any atom is -0.460 e. The largest absolute Gasteiger partial charge is 0.460 e. The molecule has 1 aromatic carbocycles. The molecule has 0 bridgehead atoms. The molecule has 1 aliphatic rings. The molecule has 0 spiro atoms. The van der Waals surface area contributed by atoms with Crippen LogP contribution in [0, 0.1) is 0 Å². The molecule has 1 aliphatic heterocycles. The summed E-state index contributed by atoms with van der Waals surface area (Å²) in [6, 6.07) is 11.1. The predicted octanol–water partition coefficient (Wildman–Crippen LogP) is 2.11. The minimum absolute atomic E-state index is 0.135. The number of ether oxygens (including phenoxy) is 1. The smallest absolute Gasteiger partial charge is 0.282 e. The molecule has 3 nitrogen and oxygen atoms in total. The number of benzene rings is 1. The number of amidine groups is 1. The third-order valence-electron chi connectivity index (χ3n) is 2.95. The molecule has 2 N–H and O–H groups in total. The van der Waals surface area contributed by atoms with Gasteiger partial charge in [0.25, 0.3) is 6.02 Å². The summed E-state index contributed by atoms with van der Waals surface area (Å²) in [6.07, 6.45) is 3.39. The van der Waals surface area contributed by atoms with E-state index in [-0.39, 0.29) is 12.1 Å². The van der Waals surface area contributed by atoms with Crippen LogP contribution in [-0.4, -0.2) is 18.2 Å². The van der Waals surface area contributed by atoms with Gasteiger partial charge < -0.3 is 10.5 Å². The van der Waals surface area contributed by atoms with Gasteiger partial charge in [-0.25, -0.2) is 4.99 Å². The molecule has 0 saturated carbocycles. The van der Waals surface area contributed by atoms with Crippen LogP contribution in [0.15, 0.2) is 35.3 Å². The average molecular weight is 218 g/mol. The van der Waals surface area contributed by atoms with E-state index in [0.717, 1.165) is 19.3 Å². The first-order valence-electron chi connectivity index (χ1n) is 5.79. The zero-order valence-corrected chi connectivity index (χ0v) is 9.60. The Bertz CT molecular complexity index is 361. The minimum atomic E-state index is 0.135. The number of nitrogens with two attached hydrogens (primary N) is 1. The predicted molar refractivity (Wildman–Crippen MR) is 65.3 cm³/mol. The van der Waals surface area contributed by atoms with E-state index >= 15 is 0 Å². The number of aryl methyl sites for hydroxylation is 1. The molecule has 0 unspecified atom stereocenters. The molecule has 1 heterocycles. The van der Waals surface area contributed by atoms with Crippen molar-refractivity contribution < 1.29 is 4.74 Å². The summed E-state index contributed by atoms with van der Waals surface area (Å²) in [4.78, 5) is 4.27. The van der Waals surface area contributed by atoms with Crippen LogP contribution >= 0.6 is 0 Å². The van der Waals surface area contributed by atoms with Crippen molar-refractivity contribution in [1.29, 1.82) is 0 Å². The molecule has 16 heavy (non-hydrogen) atoms. The van der Waals surface area contributed by atoms with Crippen molar-refractivity contribution in [2.45, 2.75) is 38.3 Å². The van der Waals surface area contributed by atoms with Crippen LogP contribution in [0.5, 0.6) is 0 Å². The lowest BCUT2D eigenvalue weighted by molar-refractivity contribution is 0.204. The standard InChI is InChI=1S/C13H18N2O/c1-10-12(15-13(14)16-10)9-5-8-11-6-3-2-4-7-11/h2-4,6-7,10,12H,5,8-9H2,1H3,(H2,14,15)/t10-,12+/m1/s1. The molecule has 86 valence electrons. The van der Waals surface area contributed by atoms with E-state index in [0.29, 0.717) is 6.02 Å². The molecule has 0 saturated heterocycles. The van der Waals surface area contributed by atoms with Crippen molar-refractivity contribution in [3.05, 3.63) is 35.9 Å². The first-order valence-corrected chi connectivity index (χ1v) is 5.79. The van der Waals surface area contributed by atoms with Gasteiger partial charge in [-0.15, -0.1) is 0 Å². The monoisotopic (exact) mass is 218 g/mol. The molecular formula is C13H18N2O. The van der Waals surface area contributed by atoms with Gasteiger partial charge in [0.1, 0.15) is 6.10 Å². The number of aliphatic imine (C=N–C) groups is 1. The van der Waals surface area contributed by atoms with Gasteiger partial charge in [-0.3, -0.25) is 0 Å². The molecule has 2 rings (SSSR count). The highest BCUT2D eigenvalue weighted by Crippen LogP contribution is 2.17. The van der Waals surface area contributed by atoms with E-state index in [1.54, 1.807) is 0 Å². The second kappa shape index (κ2) is 5.01. The fourth-order valence-electron chi connectivity index (χ4n) is 2.03. The first-order chi connectivity index (χ1) is 7.75. The van der Waals surface area contributed by atoms with E-state index in [1.807, 2.05) is 13.0 Å². The van der Waals surface area contributed by atoms with Gasteiger partial charge in [-0.2, -0.15) is 0 Å². The van der Waals surface area contributed by atoms with Crippen LogP contribution < -0.4 is 5.73 Å². The summed E-state index contributed by atoms with van der Waals surface area (Å²) < 4.78 is 5.30. The van der Waals surface area contributed by atoms with Gasteiger partial charge in [-0.05, 0) is 31.7 Å². The van der Waals surface area contributed by atoms with Gasteiger partial charge >= 0.3 is 0 Å². The Labute approximate surface area is 96.3 Å². The van der Waals surface area contributed by atoms with Crippen LogP contribution in [0.4, 0.5) is 0 Å². The Kier molecular flexibility index (Phi) is 3.44. The summed E-state index contributed by atoms with van der Waals surface area (Å²) in [5.41, 5.74) is 6.91. The molecule has 0 aliphatic carbocycles. The van der Waals surface area contributed by atoms with E-state index in [1.165, 1.54) is 5.56 Å². The lowest BCUT2D eigenvalue weighted by atomic mass is 10.0. The third kappa shape index (κ3) is 2.75. The van der Waals surface area contributed by atoms with Crippen LogP contribution in [0.3, 0.4) is 0 Å². The molecule has 0 radical (unpaired) electrons. The fourth-order valence-corrected chi connectivity index (χ4v) is 2.03. The number of hydrogen-bond donors (Lipinski definition) is 1. The van der Waals surface area contributed by atoms with Gasteiger partial charge in [-0.1, -0.05) is 30.3 Å². The molecule has 0 fully saturated rings. The van der Waals surface area contributed by atoms with E-state index in [9.17, 15) is 0 Å². The molecule has 1 aromatic rings. The molecule has 2 atom stereocenters. The zero-order valence-electron chi connectivity index (χ0n) is 9.60. The Balaban J connectivity index is 1.77. The van der Waals surface area contributed by atoms with E-state index in [2.05, 4.69) is 29.3 Å². The summed E-state index contributed by atoms with van der Waals surface area (Å²) in [7, 11) is 0. The highest BCUT2D eigenvalue weighted by atomic mass is 16.5. The Morgan fingerprint density at radius 3 is 2.69 bits per heavy atom. The third-order valence-corrected chi connectivity index (χ3v) is 2.95. The molecular weight excluding hydrogens is 200 g/mol. The number of nitrogens with zero attached hydrogens (tertiary/aromatic N) is 1. The first kappa shape index (κ1) is 11.0. The molecule has 3 heteroatoms. The topological polar surface area (TPSA) is 47.6 Å². The van der Waals surface area contributed by atoms with E-state index < -0.39 is 0 Å². The maximum Gasteiger partial charge on any atom is 0.282 e. The highest BCUT2D eigenvalue weighted by Gasteiger charge is 2.24. The maximum atomic E-state index is 5.53. The summed E-state index contributed by atoms with van der Waals surface area (Å²) in [5.74, 6) is 0. The lowest BCUT2D eigenvalue weighted by Gasteiger charge is -2.11. The van der Waals surface area contributed by atoms with Crippen molar-refractivity contribution in [2.75, 3.05) is 0 Å². The molecule has 0 amide bonds. The normalized spacial score (nSPS) is 23.9. The van der Waals surface area contributed by atoms with E-state index in [4.69, 9.17) is 10.5 Å². The highest BCUT2D eigenvalue weighted by molar-refractivity contribution is 5.73. The van der Waals surface area contributed by atoms with Crippen molar-refractivity contribution in [3.8, 4) is 0 Å². The quantitative estimate of drug-likeness (QED) is 0.841. The van der Waals surface area contributed by atoms with Crippen molar-refractivity contribution in [1.82, 2.24) is 0 Å². The van der Waals surface area contributed by atoms with Gasteiger partial charge in [0.05, 0.1) is 6.04 Å².